The second kappa shape index (κ2) is 34.5. The zero-order chi connectivity index (χ0) is 94.8. The van der Waals surface area contributed by atoms with Crippen molar-refractivity contribution in [2.24, 2.45) is 0 Å². The lowest BCUT2D eigenvalue weighted by atomic mass is 9.92. The molecule has 30 aromatic rings. The summed E-state index contributed by atoms with van der Waals surface area (Å²) < 4.78 is 22.3. The molecule has 144 heavy (non-hydrogen) atoms. The Hall–Kier alpha value is -19.1. The molecule has 12 heteroatoms. The molecule has 672 valence electrons. The second-order valence-corrected chi connectivity index (χ2v) is 37.8. The summed E-state index contributed by atoms with van der Waals surface area (Å²) in [4.78, 5) is 31.1. The molecule has 0 amide bonds. The molecule has 11 nitrogen and oxygen atoms in total. The lowest BCUT2D eigenvalue weighted by Gasteiger charge is -2.13. The average molecular weight is 1860 g/mol. The molecule has 0 aliphatic carbocycles. The summed E-state index contributed by atoms with van der Waals surface area (Å²) in [6.45, 7) is 0. The topological polar surface area (TPSA) is 118 Å². The maximum Gasteiger partial charge on any atom is 0.165 e. The van der Waals surface area contributed by atoms with Crippen LogP contribution in [0.15, 0.2) is 500 Å². The van der Waals surface area contributed by atoms with E-state index in [2.05, 4.69) is 414 Å². The van der Waals surface area contributed by atoms with Gasteiger partial charge in [0.15, 0.2) is 16.9 Å². The van der Waals surface area contributed by atoms with Crippen LogP contribution in [0.2, 0.25) is 0 Å². The van der Waals surface area contributed by atoms with Gasteiger partial charge in [-0.15, -0.1) is 11.3 Å². The standard InChI is InChI=1S/2C44H27N3O.C44H27N3S/c1-3-12-28(13-4-1)30-24-31(26-32(25-30)34-17-11-18-36-35-16-7-10-21-41(35)48-43(34)36)29-22-23-40-37(27-29)42-44(47(40)33-14-5-2-6-15-33)46-39-20-9-8-19-38(39)45-42;1-3-12-28(13-4-1)30-24-31(26-32(25-30)34-18-11-19-36-35-16-8-10-21-41(35)48-43(34)36)29-22-23-38-39(27-29)45-42-37-17-7-9-20-40(37)47(44(42)46-38)33-14-5-2-6-15-33;1-3-12-28(13-4-1)30-24-31(26-32(25-30)34-17-11-18-36-35-16-7-10-21-41(35)48-43(34)36)29-22-23-40-37(27-29)42-44(47(40)33-14-5-2-6-15-33)46-39-20-9-8-19-38(39)45-42/h3*1-27H. The quantitative estimate of drug-likeness (QED) is 0.119. The monoisotopic (exact) mass is 1860 g/mol. The molecule has 9 aromatic heterocycles. The summed E-state index contributed by atoms with van der Waals surface area (Å²) in [6.07, 6.45) is 0. The minimum Gasteiger partial charge on any atom is -0.455 e. The minimum atomic E-state index is 0.849. The van der Waals surface area contributed by atoms with E-state index in [0.717, 1.165) is 233 Å². The number of rotatable bonds is 12. The second-order valence-electron chi connectivity index (χ2n) is 36.7. The van der Waals surface area contributed by atoms with Crippen LogP contribution in [0.25, 0.3) is 281 Å². The highest BCUT2D eigenvalue weighted by molar-refractivity contribution is 7.26. The fourth-order valence-electron chi connectivity index (χ4n) is 21.3. The molecule has 0 aliphatic heterocycles. The highest BCUT2D eigenvalue weighted by Gasteiger charge is 2.26. The summed E-state index contributed by atoms with van der Waals surface area (Å²) in [7, 11) is 0. The van der Waals surface area contributed by atoms with Crippen molar-refractivity contribution in [3.63, 3.8) is 0 Å². The van der Waals surface area contributed by atoms with Crippen LogP contribution in [0.5, 0.6) is 0 Å². The molecule has 0 fully saturated rings. The molecule has 0 N–H and O–H groups in total. The number of nitrogens with zero attached hydrogens (tertiary/aromatic N) is 9. The lowest BCUT2D eigenvalue weighted by Crippen LogP contribution is -1.96. The van der Waals surface area contributed by atoms with Gasteiger partial charge in [0.25, 0.3) is 0 Å². The van der Waals surface area contributed by atoms with Crippen molar-refractivity contribution in [1.82, 2.24) is 43.6 Å². The Kier molecular flexibility index (Phi) is 19.9. The average Bonchev–Trinajstić information content (AvgIpc) is 1.58. The van der Waals surface area contributed by atoms with Gasteiger partial charge in [-0.1, -0.05) is 315 Å². The van der Waals surface area contributed by atoms with Gasteiger partial charge >= 0.3 is 0 Å². The minimum absolute atomic E-state index is 0.849. The van der Waals surface area contributed by atoms with Crippen molar-refractivity contribution >= 4 is 175 Å². The molecule has 0 spiro atoms. The fraction of sp³-hybridized carbons (Fsp3) is 0. The van der Waals surface area contributed by atoms with E-state index in [1.807, 2.05) is 102 Å². The van der Waals surface area contributed by atoms with E-state index in [-0.39, 0.29) is 0 Å². The molecule has 30 rings (SSSR count). The van der Waals surface area contributed by atoms with Gasteiger partial charge in [0, 0.05) is 86.1 Å². The summed E-state index contributed by atoms with van der Waals surface area (Å²) in [5.74, 6) is 0. The first-order valence-electron chi connectivity index (χ1n) is 48.5. The Morgan fingerprint density at radius 3 is 0.931 bits per heavy atom. The molecular formula is C132H81N9O2S. The number of thiophene rings is 1. The lowest BCUT2D eigenvalue weighted by molar-refractivity contribution is 0.669. The highest BCUT2D eigenvalue weighted by Crippen LogP contribution is 2.48. The van der Waals surface area contributed by atoms with E-state index in [4.69, 9.17) is 38.7 Å². The Morgan fingerprint density at radius 2 is 0.479 bits per heavy atom. The molecule has 0 saturated heterocycles. The molecule has 9 heterocycles. The van der Waals surface area contributed by atoms with E-state index >= 15 is 0 Å². The van der Waals surface area contributed by atoms with Crippen molar-refractivity contribution in [3.8, 4) is 117 Å². The van der Waals surface area contributed by atoms with Crippen LogP contribution >= 0.6 is 11.3 Å². The third-order valence-electron chi connectivity index (χ3n) is 28.1. The Bertz CT molecular complexity index is 9970. The van der Waals surface area contributed by atoms with Crippen LogP contribution in [-0.4, -0.2) is 43.6 Å². The molecule has 0 saturated carbocycles. The van der Waals surface area contributed by atoms with Gasteiger partial charge in [0.1, 0.15) is 38.9 Å². The number of hydrogen-bond donors (Lipinski definition) is 0. The van der Waals surface area contributed by atoms with Crippen molar-refractivity contribution in [2.45, 2.75) is 0 Å². The molecule has 0 unspecified atom stereocenters. The molecule has 0 atom stereocenters. The van der Waals surface area contributed by atoms with Crippen LogP contribution in [0.4, 0.5) is 0 Å². The normalized spacial score (nSPS) is 11.8. The van der Waals surface area contributed by atoms with Gasteiger partial charge in [0.05, 0.1) is 49.7 Å². The number of benzene rings is 21. The van der Waals surface area contributed by atoms with Crippen LogP contribution in [0, 0.1) is 0 Å². The summed E-state index contributed by atoms with van der Waals surface area (Å²) in [5, 5.41) is 10.4. The van der Waals surface area contributed by atoms with E-state index in [9.17, 15) is 0 Å². The largest absolute Gasteiger partial charge is 0.455 e. The highest BCUT2D eigenvalue weighted by atomic mass is 32.1. The predicted molar refractivity (Wildman–Crippen MR) is 598 cm³/mol. The number of hydrogen-bond acceptors (Lipinski definition) is 9. The molecule has 0 bridgehead atoms. The number of aromatic nitrogens is 9. The maximum absolute atomic E-state index is 6.50. The van der Waals surface area contributed by atoms with Crippen LogP contribution in [0.1, 0.15) is 0 Å². The number of para-hydroxylation sites is 12. The van der Waals surface area contributed by atoms with Crippen molar-refractivity contribution < 1.29 is 8.83 Å². The third-order valence-corrected chi connectivity index (χ3v) is 29.3. The van der Waals surface area contributed by atoms with Gasteiger partial charge < -0.3 is 8.83 Å². The first-order valence-corrected chi connectivity index (χ1v) is 49.3. The maximum atomic E-state index is 6.50. The van der Waals surface area contributed by atoms with Crippen LogP contribution in [0.3, 0.4) is 0 Å². The Morgan fingerprint density at radius 1 is 0.174 bits per heavy atom. The summed E-state index contributed by atoms with van der Waals surface area (Å²) in [5.41, 5.74) is 41.1. The summed E-state index contributed by atoms with van der Waals surface area (Å²) >= 11 is 1.87. The van der Waals surface area contributed by atoms with E-state index in [1.54, 1.807) is 0 Å². The van der Waals surface area contributed by atoms with Gasteiger partial charge in [0.2, 0.25) is 0 Å². The predicted octanol–water partition coefficient (Wildman–Crippen LogP) is 35.4. The molecular weight excluding hydrogens is 1780 g/mol. The zero-order valence-electron chi connectivity index (χ0n) is 77.5. The first-order chi connectivity index (χ1) is 71.3. The number of fused-ring (bicyclic) bond motifs is 21. The number of furan rings is 2. The molecule has 0 aliphatic rings. The first kappa shape index (κ1) is 83.1. The van der Waals surface area contributed by atoms with Crippen LogP contribution < -0.4 is 0 Å². The van der Waals surface area contributed by atoms with Crippen molar-refractivity contribution in [2.75, 3.05) is 0 Å². The van der Waals surface area contributed by atoms with E-state index in [0.29, 0.717) is 0 Å². The van der Waals surface area contributed by atoms with E-state index < -0.39 is 0 Å². The van der Waals surface area contributed by atoms with Crippen LogP contribution in [-0.2, 0) is 0 Å². The summed E-state index contributed by atoms with van der Waals surface area (Å²) in [6, 6.07) is 173. The van der Waals surface area contributed by atoms with Gasteiger partial charge in [-0.05, 0) is 265 Å². The van der Waals surface area contributed by atoms with E-state index in [1.165, 1.54) is 48.0 Å². The molecule has 21 aromatic carbocycles. The van der Waals surface area contributed by atoms with Crippen molar-refractivity contribution in [1.29, 1.82) is 0 Å². The Labute approximate surface area is 829 Å². The Balaban J connectivity index is 0.000000105. The molecule has 0 radical (unpaired) electrons. The van der Waals surface area contributed by atoms with Gasteiger partial charge in [-0.2, -0.15) is 0 Å². The van der Waals surface area contributed by atoms with Gasteiger partial charge in [-0.3, -0.25) is 13.7 Å². The van der Waals surface area contributed by atoms with Gasteiger partial charge in [-0.25, -0.2) is 29.9 Å². The smallest absolute Gasteiger partial charge is 0.165 e. The SMILES string of the molecule is c1ccc(-c2cc(-c3ccc4c(c3)c3nc5ccccc5nc3n4-c3ccccc3)cc(-c3cccc4c3oc3ccccc34)c2)cc1.c1ccc(-c2cc(-c3ccc4c(c3)c3nc5ccccc5nc3n4-c3ccccc3)cc(-c3cccc4c3sc3ccccc34)c2)cc1.c1ccc(-c2cc(-c3ccc4nc5c(nc4c3)c3ccccc3n5-c3ccccc3)cc(-c3cccc4c3oc3ccccc34)c2)cc1. The third kappa shape index (κ3) is 14.4. The van der Waals surface area contributed by atoms with Crippen molar-refractivity contribution in [3.05, 3.63) is 491 Å². The zero-order valence-corrected chi connectivity index (χ0v) is 78.3. The fourth-order valence-corrected chi connectivity index (χ4v) is 22.5.